The van der Waals surface area contributed by atoms with Crippen LogP contribution in [0.2, 0.25) is 0 Å². The number of nitrogens with zero attached hydrogens (tertiary/aromatic N) is 1. The molecule has 100 valence electrons. The van der Waals surface area contributed by atoms with Crippen molar-refractivity contribution < 1.29 is 14.3 Å². The number of likely N-dealkylation sites (tertiary alicyclic amines) is 1. The van der Waals surface area contributed by atoms with Crippen LogP contribution in [-0.2, 0) is 4.79 Å². The highest BCUT2D eigenvalue weighted by molar-refractivity contribution is 5.92. The number of hydrogen-bond acceptors (Lipinski definition) is 3. The number of hydrogen-bond donors (Lipinski definition) is 0. The highest BCUT2D eigenvalue weighted by Gasteiger charge is 2.17. The van der Waals surface area contributed by atoms with Crippen LogP contribution in [0.25, 0.3) is 6.08 Å². The van der Waals surface area contributed by atoms with Gasteiger partial charge in [-0.05, 0) is 30.2 Å². The average Bonchev–Trinajstić information content (AvgIpc) is 2.58. The number of benzene rings is 1. The quantitative estimate of drug-likeness (QED) is 0.763. The zero-order valence-corrected chi connectivity index (χ0v) is 10.8. The Labute approximate surface area is 112 Å². The molecule has 0 unspecified atom stereocenters. The Morgan fingerprint density at radius 3 is 2.63 bits per heavy atom. The van der Waals surface area contributed by atoms with Crippen LogP contribution in [0.15, 0.2) is 24.3 Å². The number of fused-ring (bicyclic) bond motifs is 1. The summed E-state index contributed by atoms with van der Waals surface area (Å²) in [5, 5.41) is 0. The van der Waals surface area contributed by atoms with Gasteiger partial charge in [0.15, 0.2) is 11.5 Å². The second-order valence-corrected chi connectivity index (χ2v) is 4.77. The Kier molecular flexibility index (Phi) is 3.40. The van der Waals surface area contributed by atoms with Crippen molar-refractivity contribution in [2.75, 3.05) is 26.3 Å². The van der Waals surface area contributed by atoms with Crippen LogP contribution in [0.1, 0.15) is 18.4 Å². The predicted octanol–water partition coefficient (Wildman–Crippen LogP) is 2.09. The summed E-state index contributed by atoms with van der Waals surface area (Å²) in [6.45, 7) is 3.12. The Bertz CT molecular complexity index is 506. The van der Waals surface area contributed by atoms with Crippen molar-refractivity contribution in [3.05, 3.63) is 29.8 Å². The Hall–Kier alpha value is -1.97. The minimum atomic E-state index is 0.0818. The van der Waals surface area contributed by atoms with Crippen molar-refractivity contribution in [1.29, 1.82) is 0 Å². The molecule has 0 bridgehead atoms. The van der Waals surface area contributed by atoms with E-state index in [1.165, 1.54) is 0 Å². The number of amides is 1. The number of rotatable bonds is 2. The van der Waals surface area contributed by atoms with Crippen LogP contribution in [0.4, 0.5) is 0 Å². The molecule has 0 N–H and O–H groups in total. The molecule has 0 aromatic heterocycles. The summed E-state index contributed by atoms with van der Waals surface area (Å²) < 4.78 is 11.2. The SMILES string of the molecule is O=C(C=Cc1ccc2c(c1)OCCCO2)N1CCC1. The van der Waals surface area contributed by atoms with Gasteiger partial charge in [-0.1, -0.05) is 6.07 Å². The molecule has 2 aliphatic rings. The third-order valence-corrected chi connectivity index (χ3v) is 3.36. The van der Waals surface area contributed by atoms with E-state index in [2.05, 4.69) is 0 Å². The van der Waals surface area contributed by atoms with Crippen molar-refractivity contribution in [3.8, 4) is 11.5 Å². The standard InChI is InChI=1S/C15H17NO3/c17-15(16-7-1-8-16)6-4-12-3-5-13-14(11-12)19-10-2-9-18-13/h3-6,11H,1-2,7-10H2. The van der Waals surface area contributed by atoms with Crippen LogP contribution < -0.4 is 9.47 Å². The van der Waals surface area contributed by atoms with Crippen LogP contribution >= 0.6 is 0 Å². The zero-order chi connectivity index (χ0) is 13.1. The van der Waals surface area contributed by atoms with E-state index in [1.54, 1.807) is 6.08 Å². The molecule has 0 atom stereocenters. The number of carbonyl (C=O) groups is 1. The Morgan fingerprint density at radius 1 is 1.11 bits per heavy atom. The van der Waals surface area contributed by atoms with Crippen LogP contribution in [0.3, 0.4) is 0 Å². The largest absolute Gasteiger partial charge is 0.490 e. The Balaban J connectivity index is 1.72. The first kappa shape index (κ1) is 12.1. The molecule has 4 heteroatoms. The fraction of sp³-hybridized carbons (Fsp3) is 0.400. The molecule has 2 aliphatic heterocycles. The van der Waals surface area contributed by atoms with Crippen molar-refractivity contribution in [2.45, 2.75) is 12.8 Å². The number of ether oxygens (including phenoxy) is 2. The summed E-state index contributed by atoms with van der Waals surface area (Å²) in [6, 6.07) is 5.75. The van der Waals surface area contributed by atoms with Gasteiger partial charge < -0.3 is 14.4 Å². The first-order valence-electron chi connectivity index (χ1n) is 6.69. The molecule has 2 heterocycles. The summed E-state index contributed by atoms with van der Waals surface area (Å²) >= 11 is 0. The van der Waals surface area contributed by atoms with E-state index in [4.69, 9.17) is 9.47 Å². The summed E-state index contributed by atoms with van der Waals surface area (Å²) in [6.07, 6.45) is 5.46. The second-order valence-electron chi connectivity index (χ2n) is 4.77. The lowest BCUT2D eigenvalue weighted by atomic mass is 10.1. The zero-order valence-electron chi connectivity index (χ0n) is 10.8. The number of carbonyl (C=O) groups excluding carboxylic acids is 1. The van der Waals surface area contributed by atoms with Gasteiger partial charge in [-0.3, -0.25) is 4.79 Å². The monoisotopic (exact) mass is 259 g/mol. The summed E-state index contributed by atoms with van der Waals surface area (Å²) in [7, 11) is 0. The minimum Gasteiger partial charge on any atom is -0.490 e. The van der Waals surface area contributed by atoms with Gasteiger partial charge in [0.2, 0.25) is 5.91 Å². The molecule has 1 aromatic rings. The van der Waals surface area contributed by atoms with Gasteiger partial charge in [-0.25, -0.2) is 0 Å². The molecule has 1 amide bonds. The van der Waals surface area contributed by atoms with Gasteiger partial charge in [0.25, 0.3) is 0 Å². The van der Waals surface area contributed by atoms with E-state index in [1.807, 2.05) is 29.2 Å². The van der Waals surface area contributed by atoms with Crippen molar-refractivity contribution in [3.63, 3.8) is 0 Å². The minimum absolute atomic E-state index is 0.0818. The molecule has 0 saturated carbocycles. The normalized spacial score (nSPS) is 18.0. The molecule has 0 radical (unpaired) electrons. The van der Waals surface area contributed by atoms with Crippen molar-refractivity contribution >= 4 is 12.0 Å². The molecule has 4 nitrogen and oxygen atoms in total. The van der Waals surface area contributed by atoms with E-state index < -0.39 is 0 Å². The highest BCUT2D eigenvalue weighted by Crippen LogP contribution is 2.30. The maximum Gasteiger partial charge on any atom is 0.246 e. The first-order valence-corrected chi connectivity index (χ1v) is 6.69. The molecule has 1 aromatic carbocycles. The van der Waals surface area contributed by atoms with E-state index in [0.717, 1.165) is 43.0 Å². The maximum atomic E-state index is 11.7. The highest BCUT2D eigenvalue weighted by atomic mass is 16.5. The maximum absolute atomic E-state index is 11.7. The smallest absolute Gasteiger partial charge is 0.246 e. The average molecular weight is 259 g/mol. The molecular formula is C15H17NO3. The van der Waals surface area contributed by atoms with Crippen LogP contribution in [0, 0.1) is 0 Å². The van der Waals surface area contributed by atoms with Crippen molar-refractivity contribution in [2.24, 2.45) is 0 Å². The molecule has 0 spiro atoms. The third kappa shape index (κ3) is 2.72. The third-order valence-electron chi connectivity index (χ3n) is 3.36. The first-order chi connectivity index (χ1) is 9.33. The lowest BCUT2D eigenvalue weighted by Gasteiger charge is -2.29. The Morgan fingerprint density at radius 2 is 1.89 bits per heavy atom. The fourth-order valence-electron chi connectivity index (χ4n) is 2.09. The van der Waals surface area contributed by atoms with Gasteiger partial charge in [-0.15, -0.1) is 0 Å². The topological polar surface area (TPSA) is 38.8 Å². The van der Waals surface area contributed by atoms with E-state index in [0.29, 0.717) is 13.2 Å². The summed E-state index contributed by atoms with van der Waals surface area (Å²) in [5.41, 5.74) is 0.957. The van der Waals surface area contributed by atoms with Gasteiger partial charge >= 0.3 is 0 Å². The second kappa shape index (κ2) is 5.34. The van der Waals surface area contributed by atoms with Gasteiger partial charge in [0, 0.05) is 25.6 Å². The van der Waals surface area contributed by atoms with Gasteiger partial charge in [0.05, 0.1) is 13.2 Å². The fourth-order valence-corrected chi connectivity index (χ4v) is 2.09. The lowest BCUT2D eigenvalue weighted by Crippen LogP contribution is -2.40. The molecule has 19 heavy (non-hydrogen) atoms. The van der Waals surface area contributed by atoms with E-state index in [-0.39, 0.29) is 5.91 Å². The van der Waals surface area contributed by atoms with Gasteiger partial charge in [0.1, 0.15) is 0 Å². The molecular weight excluding hydrogens is 242 g/mol. The van der Waals surface area contributed by atoms with Crippen LogP contribution in [-0.4, -0.2) is 37.1 Å². The summed E-state index contributed by atoms with van der Waals surface area (Å²) in [5.74, 6) is 1.62. The van der Waals surface area contributed by atoms with Crippen LogP contribution in [0.5, 0.6) is 11.5 Å². The van der Waals surface area contributed by atoms with Gasteiger partial charge in [-0.2, -0.15) is 0 Å². The predicted molar refractivity (Wildman–Crippen MR) is 72.3 cm³/mol. The van der Waals surface area contributed by atoms with E-state index in [9.17, 15) is 4.79 Å². The van der Waals surface area contributed by atoms with Crippen molar-refractivity contribution in [1.82, 2.24) is 4.90 Å². The molecule has 1 saturated heterocycles. The molecule has 3 rings (SSSR count). The molecule has 1 fully saturated rings. The lowest BCUT2D eigenvalue weighted by molar-refractivity contribution is -0.129. The molecule has 0 aliphatic carbocycles. The van der Waals surface area contributed by atoms with E-state index >= 15 is 0 Å². The summed E-state index contributed by atoms with van der Waals surface area (Å²) in [4.78, 5) is 13.6.